The summed E-state index contributed by atoms with van der Waals surface area (Å²) in [4.78, 5) is 5.40. The van der Waals surface area contributed by atoms with E-state index >= 15 is 0 Å². The Morgan fingerprint density at radius 2 is 2.38 bits per heavy atom. The first-order chi connectivity index (χ1) is 7.72. The molecule has 0 fully saturated rings. The second-order valence-electron chi connectivity index (χ2n) is 3.83. The van der Waals surface area contributed by atoms with E-state index in [1.165, 1.54) is 11.3 Å². The van der Waals surface area contributed by atoms with Crippen molar-refractivity contribution >= 4 is 22.9 Å². The van der Waals surface area contributed by atoms with Crippen LogP contribution in [0.1, 0.15) is 12.2 Å². The highest BCUT2D eigenvalue weighted by atomic mass is 35.5. The van der Waals surface area contributed by atoms with Gasteiger partial charge in [0.15, 0.2) is 5.82 Å². The molecule has 0 saturated carbocycles. The van der Waals surface area contributed by atoms with Crippen molar-refractivity contribution in [2.45, 2.75) is 25.5 Å². The normalized spacial score (nSPS) is 19.8. The summed E-state index contributed by atoms with van der Waals surface area (Å²) in [6.07, 6.45) is 1.06. The minimum atomic E-state index is -0.281. The molecule has 1 aliphatic heterocycles. The lowest BCUT2D eigenvalue weighted by Gasteiger charge is -2.16. The number of hydrogen-bond acceptors (Lipinski definition) is 4. The van der Waals surface area contributed by atoms with E-state index in [0.717, 1.165) is 28.0 Å². The fraction of sp³-hybridized carbons (Fsp3) is 0.400. The average molecular weight is 256 g/mol. The predicted molar refractivity (Wildman–Crippen MR) is 62.7 cm³/mol. The summed E-state index contributed by atoms with van der Waals surface area (Å²) >= 11 is 7.35. The van der Waals surface area contributed by atoms with Gasteiger partial charge in [-0.05, 0) is 18.6 Å². The molecular formula is C10H10ClN3OS. The van der Waals surface area contributed by atoms with Crippen LogP contribution in [0.25, 0.3) is 10.7 Å². The van der Waals surface area contributed by atoms with Crippen LogP contribution < -0.4 is 0 Å². The quantitative estimate of drug-likeness (QED) is 0.848. The van der Waals surface area contributed by atoms with E-state index < -0.39 is 0 Å². The highest BCUT2D eigenvalue weighted by Crippen LogP contribution is 2.29. The molecule has 3 heterocycles. The van der Waals surface area contributed by atoms with Crippen LogP contribution in [0.5, 0.6) is 0 Å². The monoisotopic (exact) mass is 255 g/mol. The van der Waals surface area contributed by atoms with Gasteiger partial charge in [0.2, 0.25) is 0 Å². The number of aryl methyl sites for hydroxylation is 1. The molecule has 1 atom stereocenters. The Morgan fingerprint density at radius 3 is 3.12 bits per heavy atom. The van der Waals surface area contributed by atoms with Gasteiger partial charge in [0, 0.05) is 13.0 Å². The maximum Gasteiger partial charge on any atom is 0.191 e. The van der Waals surface area contributed by atoms with E-state index in [9.17, 15) is 5.11 Å². The van der Waals surface area contributed by atoms with Crippen LogP contribution >= 0.6 is 22.9 Å². The van der Waals surface area contributed by atoms with Crippen molar-refractivity contribution in [3.63, 3.8) is 0 Å². The number of rotatable bonds is 1. The van der Waals surface area contributed by atoms with Crippen LogP contribution in [-0.4, -0.2) is 26.0 Å². The number of hydrogen-bond donors (Lipinski definition) is 1. The number of fused-ring (bicyclic) bond motifs is 1. The van der Waals surface area contributed by atoms with Gasteiger partial charge in [-0.3, -0.25) is 0 Å². The molecule has 1 unspecified atom stereocenters. The van der Waals surface area contributed by atoms with Crippen LogP contribution in [-0.2, 0) is 13.0 Å². The van der Waals surface area contributed by atoms with Crippen LogP contribution in [0.4, 0.5) is 0 Å². The third-order valence-corrected chi connectivity index (χ3v) is 3.86. The molecule has 2 aromatic heterocycles. The van der Waals surface area contributed by atoms with Crippen molar-refractivity contribution in [1.29, 1.82) is 0 Å². The Labute approximate surface area is 102 Å². The molecule has 84 valence electrons. The summed E-state index contributed by atoms with van der Waals surface area (Å²) in [5, 5.41) is 14.0. The second kappa shape index (κ2) is 3.84. The molecule has 0 aliphatic carbocycles. The van der Waals surface area contributed by atoms with Gasteiger partial charge in [-0.15, -0.1) is 16.4 Å². The largest absolute Gasteiger partial charge is 0.393 e. The van der Waals surface area contributed by atoms with Gasteiger partial charge in [-0.2, -0.15) is 0 Å². The molecular weight excluding hydrogens is 246 g/mol. The Morgan fingerprint density at radius 1 is 1.50 bits per heavy atom. The molecule has 0 spiro atoms. The lowest BCUT2D eigenvalue weighted by atomic mass is 10.1. The van der Waals surface area contributed by atoms with E-state index in [1.54, 1.807) is 0 Å². The number of aliphatic hydroxyl groups is 1. The first kappa shape index (κ1) is 10.3. The molecule has 0 bridgehead atoms. The summed E-state index contributed by atoms with van der Waals surface area (Å²) in [7, 11) is 0. The average Bonchev–Trinajstić information content (AvgIpc) is 2.83. The lowest BCUT2D eigenvalue weighted by molar-refractivity contribution is 0.138. The zero-order valence-electron chi connectivity index (χ0n) is 8.43. The van der Waals surface area contributed by atoms with Gasteiger partial charge in [0.25, 0.3) is 0 Å². The number of aromatic nitrogens is 3. The molecule has 0 amide bonds. The number of nitrogens with zero attached hydrogens (tertiary/aromatic N) is 3. The summed E-state index contributed by atoms with van der Waals surface area (Å²) in [5.74, 6) is 1.57. The number of aliphatic hydroxyl groups excluding tert-OH is 1. The standard InChI is InChI=1S/C10H10ClN3OS/c11-8-2-1-7(16-8)10-12-9-5-6(15)3-4-14(9)13-10/h1-2,6,15H,3-5H2. The predicted octanol–water partition coefficient (Wildman–Crippen LogP) is 1.97. The Bertz CT molecular complexity index is 522. The SMILES string of the molecule is OC1CCn2nc(-c3ccc(Cl)s3)nc2C1. The molecule has 0 aromatic carbocycles. The smallest absolute Gasteiger partial charge is 0.191 e. The maximum atomic E-state index is 9.54. The van der Waals surface area contributed by atoms with Crippen molar-refractivity contribution in [2.24, 2.45) is 0 Å². The Balaban J connectivity index is 1.98. The first-order valence-corrected chi connectivity index (χ1v) is 6.29. The Kier molecular flexibility index (Phi) is 2.46. The van der Waals surface area contributed by atoms with Crippen molar-refractivity contribution in [3.05, 3.63) is 22.3 Å². The molecule has 16 heavy (non-hydrogen) atoms. The van der Waals surface area contributed by atoms with E-state index in [1.807, 2.05) is 16.8 Å². The van der Waals surface area contributed by atoms with E-state index in [0.29, 0.717) is 12.2 Å². The topological polar surface area (TPSA) is 50.9 Å². The zero-order valence-corrected chi connectivity index (χ0v) is 10.0. The van der Waals surface area contributed by atoms with Crippen LogP contribution in [0.2, 0.25) is 4.34 Å². The fourth-order valence-corrected chi connectivity index (χ4v) is 2.80. The third-order valence-electron chi connectivity index (χ3n) is 2.63. The number of thiophene rings is 1. The lowest BCUT2D eigenvalue weighted by Crippen LogP contribution is -2.23. The van der Waals surface area contributed by atoms with Gasteiger partial charge in [-0.25, -0.2) is 9.67 Å². The fourth-order valence-electron chi connectivity index (χ4n) is 1.83. The van der Waals surface area contributed by atoms with Crippen molar-refractivity contribution in [1.82, 2.24) is 14.8 Å². The van der Waals surface area contributed by atoms with Gasteiger partial charge in [0.1, 0.15) is 5.82 Å². The van der Waals surface area contributed by atoms with E-state index in [4.69, 9.17) is 11.6 Å². The van der Waals surface area contributed by atoms with Gasteiger partial charge in [-0.1, -0.05) is 11.6 Å². The molecule has 2 aromatic rings. The Hall–Kier alpha value is -0.910. The van der Waals surface area contributed by atoms with Crippen molar-refractivity contribution in [3.8, 4) is 10.7 Å². The van der Waals surface area contributed by atoms with Gasteiger partial charge in [0.05, 0.1) is 15.3 Å². The molecule has 3 rings (SSSR count). The molecule has 0 radical (unpaired) electrons. The minimum Gasteiger partial charge on any atom is -0.393 e. The first-order valence-electron chi connectivity index (χ1n) is 5.10. The molecule has 4 nitrogen and oxygen atoms in total. The van der Waals surface area contributed by atoms with Crippen LogP contribution in [0, 0.1) is 0 Å². The van der Waals surface area contributed by atoms with Gasteiger partial charge < -0.3 is 5.11 Å². The molecule has 1 N–H and O–H groups in total. The van der Waals surface area contributed by atoms with Crippen LogP contribution in [0.15, 0.2) is 12.1 Å². The zero-order chi connectivity index (χ0) is 11.1. The maximum absolute atomic E-state index is 9.54. The minimum absolute atomic E-state index is 0.281. The third kappa shape index (κ3) is 1.75. The molecule has 6 heteroatoms. The highest BCUT2D eigenvalue weighted by Gasteiger charge is 2.20. The van der Waals surface area contributed by atoms with Crippen LogP contribution in [0.3, 0.4) is 0 Å². The summed E-state index contributed by atoms with van der Waals surface area (Å²) in [6, 6.07) is 3.77. The molecule has 1 aliphatic rings. The van der Waals surface area contributed by atoms with Crippen molar-refractivity contribution in [2.75, 3.05) is 0 Å². The summed E-state index contributed by atoms with van der Waals surface area (Å²) in [5.41, 5.74) is 0. The molecule has 0 saturated heterocycles. The second-order valence-corrected chi connectivity index (χ2v) is 5.54. The van der Waals surface area contributed by atoms with Gasteiger partial charge >= 0.3 is 0 Å². The van der Waals surface area contributed by atoms with E-state index in [2.05, 4.69) is 10.1 Å². The van der Waals surface area contributed by atoms with Crippen molar-refractivity contribution < 1.29 is 5.11 Å². The summed E-state index contributed by atoms with van der Waals surface area (Å²) in [6.45, 7) is 0.739. The summed E-state index contributed by atoms with van der Waals surface area (Å²) < 4.78 is 2.61. The van der Waals surface area contributed by atoms with E-state index in [-0.39, 0.29) is 6.10 Å². The number of halogens is 1. The highest BCUT2D eigenvalue weighted by molar-refractivity contribution is 7.19.